The van der Waals surface area contributed by atoms with Crippen LogP contribution in [-0.2, 0) is 0 Å². The number of benzene rings is 1. The van der Waals surface area contributed by atoms with Crippen LogP contribution in [0.2, 0.25) is 0 Å². The Balaban J connectivity index is 1.89. The third-order valence-corrected chi connectivity index (χ3v) is 5.83. The molecular formula is C15H17BrN2O2S. The molecular weight excluding hydrogens is 352 g/mol. The van der Waals surface area contributed by atoms with Crippen molar-refractivity contribution in [3.63, 3.8) is 0 Å². The van der Waals surface area contributed by atoms with Gasteiger partial charge in [-0.25, -0.2) is 0 Å². The van der Waals surface area contributed by atoms with E-state index in [0.29, 0.717) is 23.0 Å². The van der Waals surface area contributed by atoms with E-state index in [0.717, 1.165) is 33.9 Å². The summed E-state index contributed by atoms with van der Waals surface area (Å²) < 4.78 is 1.95. The van der Waals surface area contributed by atoms with Crippen LogP contribution >= 0.6 is 27.3 Å². The standard InChI is InChI=1S/C15H17BrN2O2S/c16-10-2-1-3-11-12(10)13(17)14(21-11)15(20)18-6-4-9(8-18)5-7-19/h1-3,9,19H,4-8,17H2. The van der Waals surface area contributed by atoms with Crippen molar-refractivity contribution in [3.05, 3.63) is 27.5 Å². The molecule has 6 heteroatoms. The highest BCUT2D eigenvalue weighted by atomic mass is 79.9. The van der Waals surface area contributed by atoms with Gasteiger partial charge in [0.05, 0.1) is 5.69 Å². The molecule has 1 saturated heterocycles. The predicted molar refractivity (Wildman–Crippen MR) is 89.7 cm³/mol. The first-order valence-electron chi connectivity index (χ1n) is 6.98. The number of aliphatic hydroxyl groups is 1. The topological polar surface area (TPSA) is 66.6 Å². The van der Waals surface area contributed by atoms with E-state index in [-0.39, 0.29) is 12.5 Å². The molecule has 0 radical (unpaired) electrons. The molecule has 1 atom stereocenters. The fourth-order valence-electron chi connectivity index (χ4n) is 2.87. The third-order valence-electron chi connectivity index (χ3n) is 4.01. The van der Waals surface area contributed by atoms with Crippen molar-refractivity contribution < 1.29 is 9.90 Å². The van der Waals surface area contributed by atoms with Crippen molar-refractivity contribution in [2.24, 2.45) is 5.92 Å². The summed E-state index contributed by atoms with van der Waals surface area (Å²) in [6.45, 7) is 1.65. The number of amides is 1. The number of anilines is 1. The quantitative estimate of drug-likeness (QED) is 0.874. The number of hydrogen-bond donors (Lipinski definition) is 2. The average molecular weight is 369 g/mol. The minimum Gasteiger partial charge on any atom is -0.397 e. The molecule has 4 nitrogen and oxygen atoms in total. The average Bonchev–Trinajstić information content (AvgIpc) is 3.05. The molecule has 1 aliphatic rings. The highest BCUT2D eigenvalue weighted by Gasteiger charge is 2.29. The van der Waals surface area contributed by atoms with Crippen molar-refractivity contribution in [3.8, 4) is 0 Å². The number of carbonyl (C=O) groups excluding carboxylic acids is 1. The van der Waals surface area contributed by atoms with Gasteiger partial charge in [0.2, 0.25) is 0 Å². The lowest BCUT2D eigenvalue weighted by molar-refractivity contribution is 0.0790. The lowest BCUT2D eigenvalue weighted by Crippen LogP contribution is -2.28. The molecule has 0 aliphatic carbocycles. The number of aliphatic hydroxyl groups excluding tert-OH is 1. The van der Waals surface area contributed by atoms with Gasteiger partial charge in [0.25, 0.3) is 5.91 Å². The SMILES string of the molecule is Nc1c(C(=O)N2CCC(CCO)C2)sc2cccc(Br)c12. The summed E-state index contributed by atoms with van der Waals surface area (Å²) >= 11 is 4.95. The van der Waals surface area contributed by atoms with E-state index in [2.05, 4.69) is 15.9 Å². The van der Waals surface area contributed by atoms with Crippen molar-refractivity contribution in [1.82, 2.24) is 4.90 Å². The smallest absolute Gasteiger partial charge is 0.266 e. The largest absolute Gasteiger partial charge is 0.397 e. The molecule has 1 aromatic heterocycles. The van der Waals surface area contributed by atoms with Gasteiger partial charge in [-0.05, 0) is 30.9 Å². The van der Waals surface area contributed by atoms with Gasteiger partial charge in [-0.2, -0.15) is 0 Å². The fourth-order valence-corrected chi connectivity index (χ4v) is 4.69. The maximum absolute atomic E-state index is 12.7. The van der Waals surface area contributed by atoms with Crippen molar-refractivity contribution in [1.29, 1.82) is 0 Å². The summed E-state index contributed by atoms with van der Waals surface area (Å²) in [4.78, 5) is 15.2. The molecule has 3 N–H and O–H groups in total. The van der Waals surface area contributed by atoms with Crippen LogP contribution < -0.4 is 5.73 Å². The minimum atomic E-state index is 0.0149. The number of thiophene rings is 1. The first-order chi connectivity index (χ1) is 10.1. The zero-order valence-corrected chi connectivity index (χ0v) is 13.9. The molecule has 1 amide bonds. The van der Waals surface area contributed by atoms with Gasteiger partial charge < -0.3 is 15.7 Å². The fraction of sp³-hybridized carbons (Fsp3) is 0.400. The molecule has 1 fully saturated rings. The molecule has 0 saturated carbocycles. The maximum Gasteiger partial charge on any atom is 0.266 e. The highest BCUT2D eigenvalue weighted by molar-refractivity contribution is 9.10. The Hall–Kier alpha value is -1.11. The van der Waals surface area contributed by atoms with Crippen LogP contribution in [0.5, 0.6) is 0 Å². The van der Waals surface area contributed by atoms with E-state index in [9.17, 15) is 4.79 Å². The van der Waals surface area contributed by atoms with E-state index in [4.69, 9.17) is 10.8 Å². The Morgan fingerprint density at radius 1 is 1.52 bits per heavy atom. The molecule has 1 aromatic carbocycles. The maximum atomic E-state index is 12.7. The predicted octanol–water partition coefficient (Wildman–Crippen LogP) is 3.09. The van der Waals surface area contributed by atoms with E-state index in [1.54, 1.807) is 0 Å². The number of likely N-dealkylation sites (tertiary alicyclic amines) is 1. The van der Waals surface area contributed by atoms with Crippen LogP contribution in [0.25, 0.3) is 10.1 Å². The second-order valence-electron chi connectivity index (χ2n) is 5.38. The van der Waals surface area contributed by atoms with Gasteiger partial charge in [-0.3, -0.25) is 4.79 Å². The summed E-state index contributed by atoms with van der Waals surface area (Å²) in [5, 5.41) is 9.94. The van der Waals surface area contributed by atoms with E-state index < -0.39 is 0 Å². The Morgan fingerprint density at radius 2 is 2.33 bits per heavy atom. The second kappa shape index (κ2) is 5.94. The van der Waals surface area contributed by atoms with Gasteiger partial charge in [0.15, 0.2) is 0 Å². The van der Waals surface area contributed by atoms with Crippen LogP contribution in [0.4, 0.5) is 5.69 Å². The molecule has 2 heterocycles. The first kappa shape index (κ1) is 14.8. The number of rotatable bonds is 3. The van der Waals surface area contributed by atoms with Crippen LogP contribution in [0.1, 0.15) is 22.5 Å². The number of nitrogens with two attached hydrogens (primary N) is 1. The summed E-state index contributed by atoms with van der Waals surface area (Å²) in [6.07, 6.45) is 1.72. The molecule has 1 unspecified atom stereocenters. The number of nitrogen functional groups attached to an aromatic ring is 1. The monoisotopic (exact) mass is 368 g/mol. The summed E-state index contributed by atoms with van der Waals surface area (Å²) in [6, 6.07) is 5.87. The van der Waals surface area contributed by atoms with E-state index in [1.807, 2.05) is 23.1 Å². The Kier molecular flexibility index (Phi) is 4.19. The highest BCUT2D eigenvalue weighted by Crippen LogP contribution is 2.39. The summed E-state index contributed by atoms with van der Waals surface area (Å²) in [5.41, 5.74) is 6.76. The number of carbonyl (C=O) groups is 1. The Bertz CT molecular complexity index is 686. The van der Waals surface area contributed by atoms with Gasteiger partial charge in [-0.1, -0.05) is 22.0 Å². The van der Waals surface area contributed by atoms with Crippen molar-refractivity contribution >= 4 is 48.9 Å². The van der Waals surface area contributed by atoms with Crippen LogP contribution in [-0.4, -0.2) is 35.6 Å². The van der Waals surface area contributed by atoms with E-state index in [1.165, 1.54) is 11.3 Å². The molecule has 112 valence electrons. The van der Waals surface area contributed by atoms with Gasteiger partial charge in [-0.15, -0.1) is 11.3 Å². The zero-order valence-electron chi connectivity index (χ0n) is 11.5. The molecule has 0 bridgehead atoms. The molecule has 2 aromatic rings. The van der Waals surface area contributed by atoms with Crippen LogP contribution in [0.3, 0.4) is 0 Å². The third kappa shape index (κ3) is 2.67. The summed E-state index contributed by atoms with van der Waals surface area (Å²) in [7, 11) is 0. The lowest BCUT2D eigenvalue weighted by atomic mass is 10.1. The van der Waals surface area contributed by atoms with Gasteiger partial charge in [0.1, 0.15) is 4.88 Å². The number of hydrogen-bond acceptors (Lipinski definition) is 4. The number of fused-ring (bicyclic) bond motifs is 1. The van der Waals surface area contributed by atoms with Crippen molar-refractivity contribution in [2.45, 2.75) is 12.8 Å². The molecule has 3 rings (SSSR count). The summed E-state index contributed by atoms with van der Waals surface area (Å²) in [5.74, 6) is 0.419. The first-order valence-corrected chi connectivity index (χ1v) is 8.59. The van der Waals surface area contributed by atoms with Crippen LogP contribution in [0, 0.1) is 5.92 Å². The molecule has 0 spiro atoms. The molecule has 21 heavy (non-hydrogen) atoms. The number of halogens is 1. The zero-order chi connectivity index (χ0) is 15.0. The van der Waals surface area contributed by atoms with E-state index >= 15 is 0 Å². The second-order valence-corrected chi connectivity index (χ2v) is 7.28. The lowest BCUT2D eigenvalue weighted by Gasteiger charge is -2.15. The Morgan fingerprint density at radius 3 is 3.05 bits per heavy atom. The molecule has 1 aliphatic heterocycles. The minimum absolute atomic E-state index is 0.0149. The van der Waals surface area contributed by atoms with Crippen molar-refractivity contribution in [2.75, 3.05) is 25.4 Å². The van der Waals surface area contributed by atoms with Crippen LogP contribution in [0.15, 0.2) is 22.7 Å². The number of nitrogens with zero attached hydrogens (tertiary/aromatic N) is 1. The van der Waals surface area contributed by atoms with Gasteiger partial charge in [0, 0.05) is 34.3 Å². The normalized spacial score (nSPS) is 18.6. The Labute approximate surface area is 135 Å². The van der Waals surface area contributed by atoms with Gasteiger partial charge >= 0.3 is 0 Å².